The second kappa shape index (κ2) is 7.69. The molecule has 0 bridgehead atoms. The number of Topliss-reactive ketones (excluding diaryl/α,β-unsaturated/α-hetero) is 2. The van der Waals surface area contributed by atoms with Crippen LogP contribution in [-0.2, 0) is 14.4 Å². The van der Waals surface area contributed by atoms with E-state index in [0.717, 1.165) is 0 Å². The van der Waals surface area contributed by atoms with Gasteiger partial charge in [0.25, 0.3) is 0 Å². The maximum Gasteiger partial charge on any atom is 0.336 e. The number of hydrogen-bond acceptors (Lipinski definition) is 4. The van der Waals surface area contributed by atoms with Gasteiger partial charge in [-0.15, -0.1) is 0 Å². The molecule has 0 rings (SSSR count). The molecule has 0 aliphatic carbocycles. The van der Waals surface area contributed by atoms with Gasteiger partial charge in [0.1, 0.15) is 11.6 Å². The molecule has 0 aromatic carbocycles. The van der Waals surface area contributed by atoms with E-state index in [9.17, 15) is 19.5 Å². The van der Waals surface area contributed by atoms with E-state index in [-0.39, 0.29) is 26.4 Å². The third-order valence-corrected chi connectivity index (χ3v) is 2.98. The summed E-state index contributed by atoms with van der Waals surface area (Å²) >= 11 is 0. The van der Waals surface area contributed by atoms with Crippen LogP contribution in [0.4, 0.5) is 0 Å². The fourth-order valence-corrected chi connectivity index (χ4v) is 1.28. The number of carbonyl (C=O) groups is 3. The van der Waals surface area contributed by atoms with Crippen molar-refractivity contribution >= 4 is 17.5 Å². The van der Waals surface area contributed by atoms with Gasteiger partial charge in [-0.1, -0.05) is 56.4 Å². The molecule has 0 saturated carbocycles. The van der Waals surface area contributed by atoms with E-state index < -0.39 is 35.2 Å². The molecular weight excluding hydrogens is 272 g/mol. The van der Waals surface area contributed by atoms with E-state index in [1.54, 1.807) is 41.5 Å². The Morgan fingerprint density at radius 1 is 0.762 bits per heavy atom. The van der Waals surface area contributed by atoms with Gasteiger partial charge >= 0.3 is 5.97 Å². The van der Waals surface area contributed by atoms with Crippen LogP contribution in [-0.4, -0.2) is 33.3 Å². The molecule has 0 unspecified atom stereocenters. The third kappa shape index (κ3) is 7.37. The Hall–Kier alpha value is -1.23. The number of aliphatic carboxylic acids is 1. The van der Waals surface area contributed by atoms with Crippen LogP contribution in [0.15, 0.2) is 0 Å². The van der Waals surface area contributed by atoms with E-state index in [4.69, 9.17) is 5.11 Å². The van der Waals surface area contributed by atoms with E-state index in [1.165, 1.54) is 0 Å². The number of rotatable bonds is 5. The fraction of sp³-hybridized carbons (Fsp3) is 0.812. The lowest BCUT2D eigenvalue weighted by atomic mass is 9.78. The van der Waals surface area contributed by atoms with Gasteiger partial charge in [-0.2, -0.15) is 0 Å². The second-order valence-corrected chi connectivity index (χ2v) is 7.04. The Kier molecular flexibility index (Phi) is 9.06. The highest BCUT2D eigenvalue weighted by Gasteiger charge is 2.44. The first-order chi connectivity index (χ1) is 8.20. The molecule has 0 fully saturated rings. The Balaban J connectivity index is -0.00000162. The van der Waals surface area contributed by atoms with Crippen LogP contribution in [0.5, 0.6) is 0 Å². The molecule has 0 saturated heterocycles. The van der Waals surface area contributed by atoms with Crippen molar-refractivity contribution in [2.45, 2.75) is 74.8 Å². The molecule has 0 spiro atoms. The molecule has 0 aromatic rings. The zero-order chi connectivity index (χ0) is 15.6. The standard InChI is InChI=1S/C14H24O5.2CH4/c1-12(2,3)9(15)7-14(19,11(17)18)8-10(16)13(4,5)6;;/h19H,7-8H2,1-6H3,(H,17,18);2*1H4. The van der Waals surface area contributed by atoms with Crippen LogP contribution in [0, 0.1) is 10.8 Å². The quantitative estimate of drug-likeness (QED) is 0.814. The highest BCUT2D eigenvalue weighted by Crippen LogP contribution is 2.28. The molecular formula is C16H32O5. The number of carbonyl (C=O) groups excluding carboxylic acids is 2. The van der Waals surface area contributed by atoms with Crippen molar-refractivity contribution in [3.63, 3.8) is 0 Å². The average Bonchev–Trinajstić information content (AvgIpc) is 2.13. The van der Waals surface area contributed by atoms with Crippen molar-refractivity contribution in [3.8, 4) is 0 Å². The SMILES string of the molecule is C.C.CC(C)(C)C(=O)CC(O)(CC(=O)C(C)(C)C)C(=O)O. The van der Waals surface area contributed by atoms with E-state index >= 15 is 0 Å². The zero-order valence-electron chi connectivity index (χ0n) is 12.5. The number of carboxylic acid groups (broad SMARTS) is 1. The van der Waals surface area contributed by atoms with Crippen LogP contribution in [0.1, 0.15) is 69.2 Å². The highest BCUT2D eigenvalue weighted by atomic mass is 16.4. The molecule has 126 valence electrons. The van der Waals surface area contributed by atoms with Crippen molar-refractivity contribution in [1.29, 1.82) is 0 Å². The predicted molar refractivity (Wildman–Crippen MR) is 84.2 cm³/mol. The molecule has 0 heterocycles. The van der Waals surface area contributed by atoms with Crippen molar-refractivity contribution in [2.24, 2.45) is 10.8 Å². The molecule has 21 heavy (non-hydrogen) atoms. The molecule has 5 nitrogen and oxygen atoms in total. The average molecular weight is 304 g/mol. The smallest absolute Gasteiger partial charge is 0.336 e. The lowest BCUT2D eigenvalue weighted by Crippen LogP contribution is -2.46. The van der Waals surface area contributed by atoms with Crippen LogP contribution in [0.3, 0.4) is 0 Å². The maximum absolute atomic E-state index is 11.9. The van der Waals surface area contributed by atoms with E-state index in [1.807, 2.05) is 0 Å². The van der Waals surface area contributed by atoms with Gasteiger partial charge < -0.3 is 10.2 Å². The minimum atomic E-state index is -2.32. The maximum atomic E-state index is 11.9. The van der Waals surface area contributed by atoms with Crippen LogP contribution in [0.2, 0.25) is 0 Å². The summed E-state index contributed by atoms with van der Waals surface area (Å²) in [5, 5.41) is 19.2. The van der Waals surface area contributed by atoms with Crippen molar-refractivity contribution < 1.29 is 24.6 Å². The molecule has 0 aliphatic heterocycles. The normalized spacial score (nSPS) is 12.0. The predicted octanol–water partition coefficient (Wildman–Crippen LogP) is 3.08. The molecule has 2 N–H and O–H groups in total. The lowest BCUT2D eigenvalue weighted by Gasteiger charge is -2.28. The monoisotopic (exact) mass is 304 g/mol. The molecule has 0 amide bonds. The van der Waals surface area contributed by atoms with Crippen LogP contribution < -0.4 is 0 Å². The van der Waals surface area contributed by atoms with Crippen LogP contribution >= 0.6 is 0 Å². The first-order valence-corrected chi connectivity index (χ1v) is 6.22. The lowest BCUT2D eigenvalue weighted by molar-refractivity contribution is -0.166. The first kappa shape index (κ1) is 24.8. The molecule has 0 aliphatic rings. The number of carboxylic acids is 1. The summed E-state index contributed by atoms with van der Waals surface area (Å²) in [4.78, 5) is 35.0. The van der Waals surface area contributed by atoms with Crippen molar-refractivity contribution in [2.75, 3.05) is 0 Å². The minimum Gasteiger partial charge on any atom is -0.479 e. The Bertz CT molecular complexity index is 354. The summed E-state index contributed by atoms with van der Waals surface area (Å²) in [5.74, 6) is -2.32. The summed E-state index contributed by atoms with van der Waals surface area (Å²) < 4.78 is 0. The Morgan fingerprint density at radius 2 is 1.00 bits per heavy atom. The Labute approximate surface area is 128 Å². The molecule has 5 heteroatoms. The van der Waals surface area contributed by atoms with Gasteiger partial charge in [-0.3, -0.25) is 9.59 Å². The summed E-state index contributed by atoms with van der Waals surface area (Å²) in [5.41, 5.74) is -3.84. The molecule has 0 radical (unpaired) electrons. The zero-order valence-corrected chi connectivity index (χ0v) is 12.5. The molecule has 0 aromatic heterocycles. The van der Waals surface area contributed by atoms with Gasteiger partial charge in [0, 0.05) is 23.7 Å². The number of hydrogen-bond donors (Lipinski definition) is 2. The van der Waals surface area contributed by atoms with Crippen molar-refractivity contribution in [1.82, 2.24) is 0 Å². The molecule has 0 atom stereocenters. The van der Waals surface area contributed by atoms with Gasteiger partial charge in [-0.25, -0.2) is 4.79 Å². The summed E-state index contributed by atoms with van der Waals surface area (Å²) in [6.07, 6.45) is -1.12. The van der Waals surface area contributed by atoms with Crippen molar-refractivity contribution in [3.05, 3.63) is 0 Å². The van der Waals surface area contributed by atoms with E-state index in [2.05, 4.69) is 0 Å². The second-order valence-electron chi connectivity index (χ2n) is 7.04. The summed E-state index contributed by atoms with van der Waals surface area (Å²) in [6.45, 7) is 9.85. The third-order valence-electron chi connectivity index (χ3n) is 2.98. The van der Waals surface area contributed by atoms with Gasteiger partial charge in [0.2, 0.25) is 0 Å². The minimum absolute atomic E-state index is 0. The summed E-state index contributed by atoms with van der Waals surface area (Å²) in [6, 6.07) is 0. The first-order valence-electron chi connectivity index (χ1n) is 6.22. The van der Waals surface area contributed by atoms with Gasteiger partial charge in [-0.05, 0) is 0 Å². The number of aliphatic hydroxyl groups is 1. The summed E-state index contributed by atoms with van der Waals surface area (Å²) in [7, 11) is 0. The highest BCUT2D eigenvalue weighted by molar-refractivity contribution is 5.95. The van der Waals surface area contributed by atoms with E-state index in [0.29, 0.717) is 0 Å². The van der Waals surface area contributed by atoms with Gasteiger partial charge in [0.05, 0.1) is 0 Å². The topological polar surface area (TPSA) is 91.7 Å². The fourth-order valence-electron chi connectivity index (χ4n) is 1.28. The van der Waals surface area contributed by atoms with Gasteiger partial charge in [0.15, 0.2) is 5.60 Å². The largest absolute Gasteiger partial charge is 0.479 e. The number of ketones is 2. The Morgan fingerprint density at radius 3 is 1.14 bits per heavy atom. The van der Waals surface area contributed by atoms with Crippen LogP contribution in [0.25, 0.3) is 0 Å².